The highest BCUT2D eigenvalue weighted by Gasteiger charge is 2.57. The van der Waals surface area contributed by atoms with E-state index < -0.39 is 17.1 Å². The van der Waals surface area contributed by atoms with Gasteiger partial charge in [-0.3, -0.25) is 9.69 Å². The number of carbonyl (C=O) groups excluding carboxylic acids is 1. The Hall–Kier alpha value is -2.54. The van der Waals surface area contributed by atoms with Gasteiger partial charge in [-0.2, -0.15) is 0 Å². The first-order valence-corrected chi connectivity index (χ1v) is 17.6. The Kier molecular flexibility index (Phi) is 9.84. The summed E-state index contributed by atoms with van der Waals surface area (Å²) < 4.78 is 13.5. The number of benzene rings is 2. The van der Waals surface area contributed by atoms with Crippen LogP contribution in [0, 0.1) is 17.2 Å². The largest absolute Gasteiger partial charge is 0.393 e. The van der Waals surface area contributed by atoms with Gasteiger partial charge in [0.1, 0.15) is 5.82 Å². The summed E-state index contributed by atoms with van der Waals surface area (Å²) >= 11 is 0. The van der Waals surface area contributed by atoms with Crippen molar-refractivity contribution in [2.24, 2.45) is 11.3 Å². The number of hydrogen-bond acceptors (Lipinski definition) is 5. The highest BCUT2D eigenvalue weighted by Crippen LogP contribution is 2.59. The smallest absolute Gasteiger partial charge is 0.166 e. The second kappa shape index (κ2) is 13.7. The van der Waals surface area contributed by atoms with Gasteiger partial charge in [0.05, 0.1) is 11.7 Å². The van der Waals surface area contributed by atoms with Gasteiger partial charge in [0.15, 0.2) is 5.78 Å². The van der Waals surface area contributed by atoms with Gasteiger partial charge < -0.3 is 15.1 Å². The van der Waals surface area contributed by atoms with Crippen LogP contribution in [0.5, 0.6) is 0 Å². The molecule has 0 radical (unpaired) electrons. The van der Waals surface area contributed by atoms with Crippen molar-refractivity contribution in [3.05, 3.63) is 76.6 Å². The van der Waals surface area contributed by atoms with Crippen molar-refractivity contribution in [3.8, 4) is 0 Å². The Bertz CT molecular complexity index is 1360. The van der Waals surface area contributed by atoms with E-state index in [2.05, 4.69) is 47.9 Å². The fraction of sp³-hybridized carbons (Fsp3) is 0.615. The van der Waals surface area contributed by atoms with Crippen LogP contribution in [0.1, 0.15) is 112 Å². The Morgan fingerprint density at radius 3 is 2.42 bits per heavy atom. The van der Waals surface area contributed by atoms with Crippen LogP contribution in [0.3, 0.4) is 0 Å². The second-order valence-electron chi connectivity index (χ2n) is 14.9. The molecule has 0 amide bonds. The Balaban J connectivity index is 1.29. The number of hydrogen-bond donors (Lipinski definition) is 2. The highest BCUT2D eigenvalue weighted by molar-refractivity contribution is 5.99. The molecule has 244 valence electrons. The number of anilines is 1. The zero-order chi connectivity index (χ0) is 31.6. The predicted molar refractivity (Wildman–Crippen MR) is 179 cm³/mol. The number of aliphatic hydroxyl groups is 2. The summed E-state index contributed by atoms with van der Waals surface area (Å²) in [6.45, 7) is 8.46. The summed E-state index contributed by atoms with van der Waals surface area (Å²) in [6.07, 6.45) is 12.7. The number of fused-ring (bicyclic) bond motifs is 8. The molecule has 1 aliphatic heterocycles. The fourth-order valence-electron chi connectivity index (χ4n) is 8.98. The minimum Gasteiger partial charge on any atom is -0.393 e. The number of Topliss-reactive ketones (excluding diaryl/α,β-unsaturated/α-hetero) is 1. The predicted octanol–water partition coefficient (Wildman–Crippen LogP) is 7.45. The minimum absolute atomic E-state index is 0.0751. The van der Waals surface area contributed by atoms with Crippen LogP contribution in [0.2, 0.25) is 0 Å². The zero-order valence-corrected chi connectivity index (χ0v) is 27.4. The van der Waals surface area contributed by atoms with E-state index in [1.165, 1.54) is 24.1 Å². The maximum Gasteiger partial charge on any atom is 0.166 e. The van der Waals surface area contributed by atoms with Crippen LogP contribution < -0.4 is 4.90 Å². The number of aliphatic hydroxyl groups excluding tert-OH is 1. The molecule has 2 saturated carbocycles. The van der Waals surface area contributed by atoms with Gasteiger partial charge in [-0.1, -0.05) is 50.0 Å². The van der Waals surface area contributed by atoms with E-state index in [0.29, 0.717) is 25.8 Å². The van der Waals surface area contributed by atoms with Gasteiger partial charge in [0, 0.05) is 55.3 Å². The number of nitrogens with zero attached hydrogens (tertiary/aromatic N) is 2. The average molecular weight is 617 g/mol. The highest BCUT2D eigenvalue weighted by atomic mass is 19.1. The summed E-state index contributed by atoms with van der Waals surface area (Å²) in [7, 11) is 0. The Morgan fingerprint density at radius 1 is 0.956 bits per heavy atom. The lowest BCUT2D eigenvalue weighted by molar-refractivity contribution is -0.0841. The summed E-state index contributed by atoms with van der Waals surface area (Å²) in [5.41, 5.74) is 4.07. The van der Waals surface area contributed by atoms with E-state index in [1.54, 1.807) is 0 Å². The third-order valence-corrected chi connectivity index (χ3v) is 12.0. The molecule has 2 aromatic rings. The molecule has 45 heavy (non-hydrogen) atoms. The van der Waals surface area contributed by atoms with Crippen molar-refractivity contribution in [2.75, 3.05) is 37.6 Å². The summed E-state index contributed by atoms with van der Waals surface area (Å²) in [4.78, 5) is 19.0. The minimum atomic E-state index is -0.880. The molecule has 4 aliphatic carbocycles. The number of β-amino-alcohol motifs (C(OH)–C–C–N with tert-alkyl or cyclic N) is 1. The molecule has 5 aliphatic rings. The first-order valence-electron chi connectivity index (χ1n) is 17.6. The first kappa shape index (κ1) is 32.4. The van der Waals surface area contributed by atoms with E-state index in [1.807, 2.05) is 12.1 Å². The van der Waals surface area contributed by atoms with Gasteiger partial charge >= 0.3 is 0 Å². The standard InChI is InChI=1S/C39H53FN2O3/c1-28-7-6-19-38(2)36(18-20-39(38,45)27-41-21-23-42(24-22-41)32-14-12-31(40)13-15-32)34-17-11-29(25-33(43)16-10-28)26-35(34)37(44)30-8-4-3-5-9-30/h7,11-15,17,26,30,33,36,43,45H,3-6,8-10,16,18-25,27H2,1-2H3/t33-,36-,38-,39+/m0/s1. The fourth-order valence-corrected chi connectivity index (χ4v) is 8.98. The quantitative estimate of drug-likeness (QED) is 0.270. The average Bonchev–Trinajstić information content (AvgIpc) is 3.29. The van der Waals surface area contributed by atoms with Crippen LogP contribution >= 0.6 is 0 Å². The van der Waals surface area contributed by atoms with Gasteiger partial charge in [-0.25, -0.2) is 4.39 Å². The van der Waals surface area contributed by atoms with Crippen molar-refractivity contribution in [3.63, 3.8) is 0 Å². The summed E-state index contributed by atoms with van der Waals surface area (Å²) in [6, 6.07) is 13.2. The van der Waals surface area contributed by atoms with E-state index in [-0.39, 0.29) is 23.4 Å². The molecule has 4 atom stereocenters. The van der Waals surface area contributed by atoms with E-state index in [4.69, 9.17) is 0 Å². The molecule has 2 bridgehead atoms. The molecule has 6 heteroatoms. The number of ketones is 1. The monoisotopic (exact) mass is 616 g/mol. The molecule has 1 heterocycles. The van der Waals surface area contributed by atoms with Gasteiger partial charge in [-0.05, 0) is 112 Å². The molecule has 3 fully saturated rings. The van der Waals surface area contributed by atoms with Crippen molar-refractivity contribution in [1.29, 1.82) is 0 Å². The lowest BCUT2D eigenvalue weighted by atomic mass is 9.64. The van der Waals surface area contributed by atoms with Crippen molar-refractivity contribution in [2.45, 2.75) is 109 Å². The van der Waals surface area contributed by atoms with E-state index >= 15 is 0 Å². The van der Waals surface area contributed by atoms with Crippen LogP contribution in [0.4, 0.5) is 10.1 Å². The topological polar surface area (TPSA) is 64.0 Å². The number of piperazine rings is 1. The van der Waals surface area contributed by atoms with Gasteiger partial charge in [0.25, 0.3) is 0 Å². The van der Waals surface area contributed by atoms with Crippen LogP contribution in [0.15, 0.2) is 54.1 Å². The van der Waals surface area contributed by atoms with E-state index in [9.17, 15) is 19.4 Å². The lowest BCUT2D eigenvalue weighted by Crippen LogP contribution is -2.56. The number of allylic oxidation sites excluding steroid dienone is 2. The van der Waals surface area contributed by atoms with E-state index in [0.717, 1.165) is 99.9 Å². The number of rotatable bonds is 5. The third kappa shape index (κ3) is 6.94. The Morgan fingerprint density at radius 2 is 1.69 bits per heavy atom. The summed E-state index contributed by atoms with van der Waals surface area (Å²) in [5, 5.41) is 23.6. The lowest BCUT2D eigenvalue weighted by Gasteiger charge is -2.47. The third-order valence-electron chi connectivity index (χ3n) is 12.0. The van der Waals surface area contributed by atoms with Crippen molar-refractivity contribution >= 4 is 11.5 Å². The molecule has 2 N–H and O–H groups in total. The first-order chi connectivity index (χ1) is 21.6. The zero-order valence-electron chi connectivity index (χ0n) is 27.4. The van der Waals surface area contributed by atoms with Gasteiger partial charge in [0.2, 0.25) is 0 Å². The molecule has 0 aromatic heterocycles. The van der Waals surface area contributed by atoms with Crippen LogP contribution in [-0.2, 0) is 6.42 Å². The van der Waals surface area contributed by atoms with Gasteiger partial charge in [-0.15, -0.1) is 0 Å². The molecular weight excluding hydrogens is 563 g/mol. The molecule has 1 saturated heterocycles. The van der Waals surface area contributed by atoms with Crippen LogP contribution in [0.25, 0.3) is 0 Å². The van der Waals surface area contributed by atoms with Crippen molar-refractivity contribution in [1.82, 2.24) is 4.90 Å². The Labute approximate surface area is 269 Å². The molecule has 0 spiro atoms. The maximum absolute atomic E-state index is 14.2. The van der Waals surface area contributed by atoms with Crippen molar-refractivity contribution < 1.29 is 19.4 Å². The normalized spacial score (nSPS) is 30.5. The number of halogens is 1. The molecule has 0 unspecified atom stereocenters. The number of carbonyl (C=O) groups is 1. The maximum atomic E-state index is 14.2. The summed E-state index contributed by atoms with van der Waals surface area (Å²) in [5.74, 6) is 0.221. The molecule has 5 nitrogen and oxygen atoms in total. The SMILES string of the molecule is CC1=CCC[C@@]2(C)[C@@H](CC[C@@]2(O)CN2CCN(c3ccc(F)cc3)CC2)c2ccc(cc2C(=O)C2CCCCC2)C[C@@H](O)CC1. The molecule has 2 aromatic carbocycles. The van der Waals surface area contributed by atoms with Crippen LogP contribution in [-0.4, -0.2) is 65.3 Å². The molecular formula is C39H53FN2O3. The molecule has 7 rings (SSSR count). The second-order valence-corrected chi connectivity index (χ2v) is 14.9.